The Bertz CT molecular complexity index is 404. The molecule has 0 spiro atoms. The standard InChI is InChI=1S/C12H12BrFOS/c1-9(15)16-7-3-2-4-10-8-11(14)5-6-12(10)13/h2,4-6,8H,3,7H2,1H3. The quantitative estimate of drug-likeness (QED) is 0.773. The molecule has 1 nitrogen and oxygen atoms in total. The van der Waals surface area contributed by atoms with E-state index in [0.717, 1.165) is 22.2 Å². The van der Waals surface area contributed by atoms with Gasteiger partial charge in [0, 0.05) is 17.1 Å². The van der Waals surface area contributed by atoms with Crippen molar-refractivity contribution in [2.45, 2.75) is 13.3 Å². The lowest BCUT2D eigenvalue weighted by Crippen LogP contribution is -1.84. The highest BCUT2D eigenvalue weighted by atomic mass is 79.9. The maximum absolute atomic E-state index is 12.9. The van der Waals surface area contributed by atoms with Crippen molar-refractivity contribution in [1.82, 2.24) is 0 Å². The summed E-state index contributed by atoms with van der Waals surface area (Å²) < 4.78 is 13.8. The Morgan fingerprint density at radius 3 is 3.00 bits per heavy atom. The molecule has 0 unspecified atom stereocenters. The van der Waals surface area contributed by atoms with Gasteiger partial charge in [-0.15, -0.1) is 0 Å². The monoisotopic (exact) mass is 302 g/mol. The molecule has 4 heteroatoms. The Hall–Kier alpha value is -0.610. The third-order valence-electron chi connectivity index (χ3n) is 1.85. The van der Waals surface area contributed by atoms with E-state index in [1.165, 1.54) is 23.9 Å². The fourth-order valence-electron chi connectivity index (χ4n) is 1.12. The van der Waals surface area contributed by atoms with Gasteiger partial charge in [-0.2, -0.15) is 0 Å². The smallest absolute Gasteiger partial charge is 0.185 e. The molecule has 0 amide bonds. The predicted molar refractivity (Wildman–Crippen MR) is 70.9 cm³/mol. The summed E-state index contributed by atoms with van der Waals surface area (Å²) in [7, 11) is 0. The van der Waals surface area contributed by atoms with Gasteiger partial charge in [0.25, 0.3) is 0 Å². The van der Waals surface area contributed by atoms with Crippen LogP contribution in [0.15, 0.2) is 28.7 Å². The number of hydrogen-bond donors (Lipinski definition) is 0. The first-order chi connectivity index (χ1) is 7.59. The van der Waals surface area contributed by atoms with Gasteiger partial charge in [-0.3, -0.25) is 4.79 Å². The van der Waals surface area contributed by atoms with E-state index in [1.54, 1.807) is 13.0 Å². The molecule has 0 saturated carbocycles. The number of halogens is 2. The largest absolute Gasteiger partial charge is 0.288 e. The fourth-order valence-corrected chi connectivity index (χ4v) is 2.04. The Labute approximate surface area is 107 Å². The summed E-state index contributed by atoms with van der Waals surface area (Å²) in [5.74, 6) is 0.514. The summed E-state index contributed by atoms with van der Waals surface area (Å²) in [6.07, 6.45) is 4.59. The molecule has 0 aliphatic heterocycles. The summed E-state index contributed by atoms with van der Waals surface area (Å²) in [5.41, 5.74) is 0.813. The van der Waals surface area contributed by atoms with Gasteiger partial charge in [0.05, 0.1) is 0 Å². The number of thioether (sulfide) groups is 1. The lowest BCUT2D eigenvalue weighted by atomic mass is 10.2. The molecule has 0 atom stereocenters. The van der Waals surface area contributed by atoms with Gasteiger partial charge in [-0.25, -0.2) is 4.39 Å². The van der Waals surface area contributed by atoms with Crippen LogP contribution in [0.25, 0.3) is 6.08 Å². The molecule has 86 valence electrons. The van der Waals surface area contributed by atoms with Gasteiger partial charge in [0.15, 0.2) is 5.12 Å². The number of allylic oxidation sites excluding steroid dienone is 1. The molecule has 0 saturated heterocycles. The van der Waals surface area contributed by atoms with Gasteiger partial charge >= 0.3 is 0 Å². The molecule has 16 heavy (non-hydrogen) atoms. The summed E-state index contributed by atoms with van der Waals surface area (Å²) in [4.78, 5) is 10.7. The van der Waals surface area contributed by atoms with Gasteiger partial charge < -0.3 is 0 Å². The van der Waals surface area contributed by atoms with Crippen LogP contribution in [-0.4, -0.2) is 10.9 Å². The highest BCUT2D eigenvalue weighted by Crippen LogP contribution is 2.19. The predicted octanol–water partition coefficient (Wildman–Crippen LogP) is 4.27. The minimum atomic E-state index is -0.249. The zero-order valence-corrected chi connectivity index (χ0v) is 11.3. The van der Waals surface area contributed by atoms with Crippen LogP contribution in [0.2, 0.25) is 0 Å². The molecular weight excluding hydrogens is 291 g/mol. The van der Waals surface area contributed by atoms with E-state index in [0.29, 0.717) is 0 Å². The molecule has 1 rings (SSSR count). The van der Waals surface area contributed by atoms with E-state index in [2.05, 4.69) is 15.9 Å². The second kappa shape index (κ2) is 6.86. The highest BCUT2D eigenvalue weighted by molar-refractivity contribution is 9.10. The zero-order valence-electron chi connectivity index (χ0n) is 8.87. The van der Waals surface area contributed by atoms with Crippen LogP contribution in [-0.2, 0) is 4.79 Å². The van der Waals surface area contributed by atoms with Gasteiger partial charge in [0.2, 0.25) is 0 Å². The van der Waals surface area contributed by atoms with Crippen molar-refractivity contribution in [3.63, 3.8) is 0 Å². The average Bonchev–Trinajstić information content (AvgIpc) is 2.22. The van der Waals surface area contributed by atoms with Crippen molar-refractivity contribution >= 4 is 38.9 Å². The minimum absolute atomic E-state index is 0.125. The summed E-state index contributed by atoms with van der Waals surface area (Å²) >= 11 is 4.64. The highest BCUT2D eigenvalue weighted by Gasteiger charge is 1.97. The van der Waals surface area contributed by atoms with E-state index in [-0.39, 0.29) is 10.9 Å². The third-order valence-corrected chi connectivity index (χ3v) is 3.41. The number of rotatable bonds is 4. The van der Waals surface area contributed by atoms with E-state index in [9.17, 15) is 9.18 Å². The number of carbonyl (C=O) groups is 1. The van der Waals surface area contributed by atoms with E-state index in [1.807, 2.05) is 12.2 Å². The van der Waals surface area contributed by atoms with E-state index in [4.69, 9.17) is 0 Å². The molecule has 0 N–H and O–H groups in total. The number of benzene rings is 1. The van der Waals surface area contributed by atoms with Crippen molar-refractivity contribution in [1.29, 1.82) is 0 Å². The van der Waals surface area contributed by atoms with E-state index < -0.39 is 0 Å². The second-order valence-corrected chi connectivity index (χ2v) is 5.32. The fraction of sp³-hybridized carbons (Fsp3) is 0.250. The Morgan fingerprint density at radius 2 is 2.31 bits per heavy atom. The van der Waals surface area contributed by atoms with Crippen LogP contribution in [0.1, 0.15) is 18.9 Å². The van der Waals surface area contributed by atoms with Crippen LogP contribution in [0.5, 0.6) is 0 Å². The lowest BCUT2D eigenvalue weighted by Gasteiger charge is -1.98. The molecule has 0 fully saturated rings. The summed E-state index contributed by atoms with van der Waals surface area (Å²) in [5, 5.41) is 0.125. The van der Waals surface area contributed by atoms with E-state index >= 15 is 0 Å². The summed E-state index contributed by atoms with van der Waals surface area (Å²) in [6.45, 7) is 1.55. The molecule has 0 aromatic heterocycles. The number of hydrogen-bond acceptors (Lipinski definition) is 2. The zero-order chi connectivity index (χ0) is 12.0. The van der Waals surface area contributed by atoms with Gasteiger partial charge in [-0.1, -0.05) is 39.8 Å². The first-order valence-corrected chi connectivity index (χ1v) is 6.62. The maximum atomic E-state index is 12.9. The Morgan fingerprint density at radius 1 is 1.56 bits per heavy atom. The average molecular weight is 303 g/mol. The molecular formula is C12H12BrFOS. The third kappa shape index (κ3) is 4.94. The number of carbonyl (C=O) groups excluding carboxylic acids is 1. The molecule has 0 aliphatic rings. The second-order valence-electron chi connectivity index (χ2n) is 3.20. The van der Waals surface area contributed by atoms with Crippen molar-refractivity contribution in [2.75, 3.05) is 5.75 Å². The van der Waals surface area contributed by atoms with Crippen LogP contribution < -0.4 is 0 Å². The first kappa shape index (κ1) is 13.5. The topological polar surface area (TPSA) is 17.1 Å². The van der Waals surface area contributed by atoms with Crippen molar-refractivity contribution < 1.29 is 9.18 Å². The van der Waals surface area contributed by atoms with Crippen molar-refractivity contribution in [3.05, 3.63) is 40.1 Å². The molecule has 0 bridgehead atoms. The Balaban J connectivity index is 2.49. The molecule has 0 aliphatic carbocycles. The van der Waals surface area contributed by atoms with Crippen LogP contribution in [0, 0.1) is 5.82 Å². The molecule has 1 aromatic carbocycles. The SMILES string of the molecule is CC(=O)SCCC=Cc1cc(F)ccc1Br. The van der Waals surface area contributed by atoms with Crippen LogP contribution in [0.4, 0.5) is 4.39 Å². The first-order valence-electron chi connectivity index (χ1n) is 4.84. The summed E-state index contributed by atoms with van der Waals surface area (Å²) in [6, 6.07) is 4.56. The minimum Gasteiger partial charge on any atom is -0.288 e. The van der Waals surface area contributed by atoms with Crippen LogP contribution in [0.3, 0.4) is 0 Å². The van der Waals surface area contributed by atoms with Gasteiger partial charge in [-0.05, 0) is 30.2 Å². The van der Waals surface area contributed by atoms with Crippen molar-refractivity contribution in [2.24, 2.45) is 0 Å². The van der Waals surface area contributed by atoms with Crippen molar-refractivity contribution in [3.8, 4) is 0 Å². The molecule has 0 radical (unpaired) electrons. The lowest BCUT2D eigenvalue weighted by molar-refractivity contribution is -0.109. The Kier molecular flexibility index (Phi) is 5.77. The maximum Gasteiger partial charge on any atom is 0.185 e. The van der Waals surface area contributed by atoms with Gasteiger partial charge in [0.1, 0.15) is 5.82 Å². The molecule has 0 heterocycles. The van der Waals surface area contributed by atoms with Crippen LogP contribution >= 0.6 is 27.7 Å². The molecule has 1 aromatic rings. The normalized spacial score (nSPS) is 10.9.